The van der Waals surface area contributed by atoms with E-state index in [-0.39, 0.29) is 24.7 Å². The van der Waals surface area contributed by atoms with Crippen LogP contribution in [0.1, 0.15) is 31.7 Å². The molecule has 1 heterocycles. The van der Waals surface area contributed by atoms with Gasteiger partial charge in [-0.15, -0.1) is 0 Å². The first kappa shape index (κ1) is 17.3. The Morgan fingerprint density at radius 2 is 1.74 bits per heavy atom. The topological polar surface area (TPSA) is 80.0 Å². The summed E-state index contributed by atoms with van der Waals surface area (Å²) >= 11 is 0. The molecule has 0 aromatic heterocycles. The number of hydrogen-bond donors (Lipinski definition) is 2. The number of amides is 2. The Bertz CT molecular complexity index is 507. The van der Waals surface area contributed by atoms with Gasteiger partial charge in [-0.2, -0.15) is 0 Å². The summed E-state index contributed by atoms with van der Waals surface area (Å²) in [5, 5.41) is 5.56. The average Bonchev–Trinajstić information content (AvgIpc) is 3.30. The lowest BCUT2D eigenvalue weighted by molar-refractivity contribution is -0.122. The smallest absolute Gasteiger partial charge is 0.407 e. The molecule has 0 bridgehead atoms. The van der Waals surface area contributed by atoms with Gasteiger partial charge in [-0.05, 0) is 31.7 Å². The van der Waals surface area contributed by atoms with Gasteiger partial charge in [0.25, 0.3) is 5.91 Å². The van der Waals surface area contributed by atoms with Crippen molar-refractivity contribution in [2.75, 3.05) is 13.1 Å². The molecule has 1 fully saturated rings. The number of carbonyl (C=O) groups excluding carboxylic acids is 2. The number of hydrogen-bond acceptors (Lipinski definition) is 4. The van der Waals surface area contributed by atoms with Gasteiger partial charge in [-0.25, -0.2) is 4.79 Å². The lowest BCUT2D eigenvalue weighted by Gasteiger charge is -2.07. The minimum absolute atomic E-state index is 0.0277. The third-order valence-electron chi connectivity index (χ3n) is 3.60. The Kier molecular flexibility index (Phi) is 6.87. The molecule has 0 unspecified atom stereocenters. The van der Waals surface area contributed by atoms with Gasteiger partial charge in [0.2, 0.25) is 0 Å². The molecule has 23 heavy (non-hydrogen) atoms. The van der Waals surface area contributed by atoms with E-state index in [1.165, 1.54) is 0 Å². The van der Waals surface area contributed by atoms with Crippen LogP contribution in [0, 0.1) is 0 Å². The Balaban J connectivity index is 1.41. The van der Waals surface area contributed by atoms with E-state index < -0.39 is 6.09 Å². The van der Waals surface area contributed by atoms with Crippen molar-refractivity contribution in [3.63, 3.8) is 0 Å². The molecule has 1 aliphatic heterocycles. The number of ether oxygens (including phenoxy) is 2. The largest absolute Gasteiger partial charge is 0.445 e. The highest BCUT2D eigenvalue weighted by molar-refractivity contribution is 5.83. The number of unbranched alkanes of at least 4 members (excludes halogenated alkanes) is 2. The predicted octanol–water partition coefficient (Wildman–Crippen LogP) is 1.99. The van der Waals surface area contributed by atoms with Crippen LogP contribution in [-0.4, -0.2) is 37.3 Å². The first-order valence-corrected chi connectivity index (χ1v) is 8.04. The fraction of sp³-hybridized carbons (Fsp3) is 0.529. The van der Waals surface area contributed by atoms with Crippen LogP contribution in [0.25, 0.3) is 0 Å². The number of benzene rings is 1. The monoisotopic (exact) mass is 320 g/mol. The first-order chi connectivity index (χ1) is 11.2. The summed E-state index contributed by atoms with van der Waals surface area (Å²) in [6.45, 7) is 3.38. The van der Waals surface area contributed by atoms with Crippen LogP contribution in [0.2, 0.25) is 0 Å². The summed E-state index contributed by atoms with van der Waals surface area (Å²) in [6.07, 6.45) is 2.07. The van der Waals surface area contributed by atoms with E-state index in [2.05, 4.69) is 10.6 Å². The summed E-state index contributed by atoms with van der Waals surface area (Å²) in [5.74, 6) is -0.0277. The van der Waals surface area contributed by atoms with Gasteiger partial charge < -0.3 is 20.1 Å². The van der Waals surface area contributed by atoms with Crippen LogP contribution >= 0.6 is 0 Å². The zero-order chi connectivity index (χ0) is 16.5. The number of rotatable bonds is 9. The van der Waals surface area contributed by atoms with Gasteiger partial charge in [0.15, 0.2) is 6.10 Å². The predicted molar refractivity (Wildman–Crippen MR) is 85.8 cm³/mol. The van der Waals surface area contributed by atoms with Gasteiger partial charge in [0.05, 0.1) is 6.10 Å². The average molecular weight is 320 g/mol. The lowest BCUT2D eigenvalue weighted by atomic mass is 10.2. The molecule has 2 amide bonds. The van der Waals surface area contributed by atoms with Crippen molar-refractivity contribution in [1.29, 1.82) is 0 Å². The normalized spacial score (nSPS) is 19.0. The molecule has 2 atom stereocenters. The maximum absolute atomic E-state index is 11.5. The highest BCUT2D eigenvalue weighted by Crippen LogP contribution is 2.20. The maximum atomic E-state index is 11.5. The standard InChI is InChI=1S/C17H24N2O4/c1-13-15(23-13)16(20)18-10-6-3-7-11-19-17(21)22-12-14-8-4-2-5-9-14/h2,4-5,8-9,13,15H,3,6-7,10-12H2,1H3,(H,18,20)(H,19,21)/t13-,15+/m0/s1. The first-order valence-electron chi connectivity index (χ1n) is 8.04. The van der Waals surface area contributed by atoms with Gasteiger partial charge in [-0.1, -0.05) is 30.3 Å². The van der Waals surface area contributed by atoms with Crippen molar-refractivity contribution < 1.29 is 19.1 Å². The van der Waals surface area contributed by atoms with Crippen molar-refractivity contribution >= 4 is 12.0 Å². The van der Waals surface area contributed by atoms with Crippen LogP contribution in [-0.2, 0) is 20.9 Å². The van der Waals surface area contributed by atoms with Crippen LogP contribution in [0.15, 0.2) is 30.3 Å². The van der Waals surface area contributed by atoms with Crippen LogP contribution < -0.4 is 10.6 Å². The molecule has 0 saturated carbocycles. The summed E-state index contributed by atoms with van der Waals surface area (Å²) in [7, 11) is 0. The molecule has 1 aromatic rings. The second-order valence-electron chi connectivity index (χ2n) is 5.60. The zero-order valence-electron chi connectivity index (χ0n) is 13.4. The number of epoxide rings is 1. The van der Waals surface area contributed by atoms with Gasteiger partial charge in [0.1, 0.15) is 6.61 Å². The number of nitrogens with one attached hydrogen (secondary N) is 2. The van der Waals surface area contributed by atoms with Crippen LogP contribution in [0.3, 0.4) is 0 Å². The van der Waals surface area contributed by atoms with Crippen LogP contribution in [0.5, 0.6) is 0 Å². The fourth-order valence-electron chi connectivity index (χ4n) is 2.16. The molecule has 126 valence electrons. The van der Waals surface area contributed by atoms with E-state index in [9.17, 15) is 9.59 Å². The molecule has 0 radical (unpaired) electrons. The van der Waals surface area contributed by atoms with E-state index in [0.29, 0.717) is 13.1 Å². The van der Waals surface area contributed by atoms with E-state index in [1.54, 1.807) is 0 Å². The van der Waals surface area contributed by atoms with Crippen molar-refractivity contribution in [2.45, 2.75) is 45.0 Å². The number of alkyl carbamates (subject to hydrolysis) is 1. The number of carbonyl (C=O) groups is 2. The molecule has 6 nitrogen and oxygen atoms in total. The molecular weight excluding hydrogens is 296 g/mol. The highest BCUT2D eigenvalue weighted by Gasteiger charge is 2.40. The summed E-state index contributed by atoms with van der Waals surface area (Å²) in [4.78, 5) is 23.0. The van der Waals surface area contributed by atoms with Crippen molar-refractivity contribution in [3.05, 3.63) is 35.9 Å². The van der Waals surface area contributed by atoms with Crippen molar-refractivity contribution in [2.24, 2.45) is 0 Å². The summed E-state index contributed by atoms with van der Waals surface area (Å²) < 4.78 is 10.2. The third-order valence-corrected chi connectivity index (χ3v) is 3.60. The Hall–Kier alpha value is -2.08. The van der Waals surface area contributed by atoms with E-state index >= 15 is 0 Å². The van der Waals surface area contributed by atoms with Gasteiger partial charge in [0, 0.05) is 13.1 Å². The van der Waals surface area contributed by atoms with Gasteiger partial charge >= 0.3 is 6.09 Å². The molecule has 2 rings (SSSR count). The summed E-state index contributed by atoms with van der Waals surface area (Å²) in [5.41, 5.74) is 0.965. The molecule has 0 spiro atoms. The second-order valence-corrected chi connectivity index (χ2v) is 5.60. The second kappa shape index (κ2) is 9.15. The molecule has 1 saturated heterocycles. The molecule has 6 heteroatoms. The third kappa shape index (κ3) is 6.69. The molecule has 1 aliphatic rings. The molecular formula is C17H24N2O4. The SMILES string of the molecule is C[C@@H]1O[C@H]1C(=O)NCCCCCNC(=O)OCc1ccccc1. The van der Waals surface area contributed by atoms with Crippen molar-refractivity contribution in [3.8, 4) is 0 Å². The Labute approximate surface area is 136 Å². The minimum atomic E-state index is -0.401. The zero-order valence-corrected chi connectivity index (χ0v) is 13.4. The quantitative estimate of drug-likeness (QED) is 0.538. The Morgan fingerprint density at radius 1 is 1.09 bits per heavy atom. The van der Waals surface area contributed by atoms with E-state index in [4.69, 9.17) is 9.47 Å². The summed E-state index contributed by atoms with van der Waals surface area (Å²) in [6, 6.07) is 9.56. The Morgan fingerprint density at radius 3 is 2.39 bits per heavy atom. The van der Waals surface area contributed by atoms with Gasteiger partial charge in [-0.3, -0.25) is 4.79 Å². The fourth-order valence-corrected chi connectivity index (χ4v) is 2.16. The lowest BCUT2D eigenvalue weighted by Crippen LogP contribution is -2.29. The van der Waals surface area contributed by atoms with E-state index in [0.717, 1.165) is 24.8 Å². The minimum Gasteiger partial charge on any atom is -0.445 e. The molecule has 1 aromatic carbocycles. The van der Waals surface area contributed by atoms with E-state index in [1.807, 2.05) is 37.3 Å². The van der Waals surface area contributed by atoms with Crippen molar-refractivity contribution in [1.82, 2.24) is 10.6 Å². The molecule has 0 aliphatic carbocycles. The molecule has 2 N–H and O–H groups in total. The van der Waals surface area contributed by atoms with Crippen LogP contribution in [0.4, 0.5) is 4.79 Å². The maximum Gasteiger partial charge on any atom is 0.407 e. The highest BCUT2D eigenvalue weighted by atomic mass is 16.6.